The molecule has 6 heterocycles. The highest BCUT2D eigenvalue weighted by molar-refractivity contribution is 6.34. The normalized spacial score (nSPS) is 12.6. The van der Waals surface area contributed by atoms with Crippen molar-refractivity contribution >= 4 is 115 Å². The molecular weight excluding hydrogens is 687 g/mol. The molecule has 0 radical (unpaired) electrons. The molecule has 6 heteroatoms. The Morgan fingerprint density at radius 2 is 0.946 bits per heavy atom. The quantitative estimate of drug-likeness (QED) is 0.179. The minimum Gasteiger partial charge on any atom is -0.450 e. The topological polar surface area (TPSA) is 53.2 Å². The molecule has 14 aromatic rings. The molecule has 0 spiro atoms. The van der Waals surface area contributed by atoms with E-state index in [4.69, 9.17) is 14.4 Å². The average Bonchev–Trinajstić information content (AvgIpc) is 4.04. The van der Waals surface area contributed by atoms with Crippen LogP contribution in [-0.2, 0) is 0 Å². The van der Waals surface area contributed by atoms with E-state index >= 15 is 0 Å². The fourth-order valence-electron chi connectivity index (χ4n) is 9.86. The van der Waals surface area contributed by atoms with Gasteiger partial charge in [-0.05, 0) is 65.4 Å². The highest BCUT2D eigenvalue weighted by Crippen LogP contribution is 2.47. The van der Waals surface area contributed by atoms with Gasteiger partial charge in [-0.3, -0.25) is 9.13 Å². The predicted octanol–water partition coefficient (Wildman–Crippen LogP) is 12.9. The number of hydrogen-bond donors (Lipinski definition) is 0. The van der Waals surface area contributed by atoms with E-state index in [0.29, 0.717) is 17.3 Å². The monoisotopic (exact) mass is 713 g/mol. The van der Waals surface area contributed by atoms with Crippen LogP contribution >= 0.6 is 0 Å². The molecular formula is C50H27N5O. The molecule has 0 saturated heterocycles. The van der Waals surface area contributed by atoms with Crippen LogP contribution in [0.2, 0.25) is 0 Å². The SMILES string of the molecule is c1ccc2cc3c(cc2c1)c1cc2c4ccccc4n4c5ccccc5c(c1n3-c1nc(-n3c5ccccc5c5ccccc53)c3oc5ccccc5c3n1)c24. The zero-order valence-electron chi connectivity index (χ0n) is 29.7. The minimum atomic E-state index is 0.596. The summed E-state index contributed by atoms with van der Waals surface area (Å²) >= 11 is 0. The van der Waals surface area contributed by atoms with E-state index < -0.39 is 0 Å². The molecule has 0 N–H and O–H groups in total. The first kappa shape index (κ1) is 28.8. The summed E-state index contributed by atoms with van der Waals surface area (Å²) in [4.78, 5) is 11.2. The number of furan rings is 1. The van der Waals surface area contributed by atoms with Gasteiger partial charge < -0.3 is 8.82 Å². The number of fused-ring (bicyclic) bond motifs is 17. The first-order valence-corrected chi connectivity index (χ1v) is 19.0. The molecule has 0 amide bonds. The second-order valence-corrected chi connectivity index (χ2v) is 15.0. The third-order valence-electron chi connectivity index (χ3n) is 12.1. The lowest BCUT2D eigenvalue weighted by Gasteiger charge is -2.12. The Labute approximate surface area is 317 Å². The van der Waals surface area contributed by atoms with Crippen molar-refractivity contribution < 1.29 is 4.42 Å². The van der Waals surface area contributed by atoms with E-state index in [1.807, 2.05) is 12.1 Å². The lowest BCUT2D eigenvalue weighted by Crippen LogP contribution is -2.06. The van der Waals surface area contributed by atoms with E-state index in [1.54, 1.807) is 0 Å². The molecule has 0 saturated carbocycles. The van der Waals surface area contributed by atoms with Gasteiger partial charge in [0.15, 0.2) is 11.4 Å². The Bertz CT molecular complexity index is 3960. The second kappa shape index (κ2) is 10.1. The third kappa shape index (κ3) is 3.44. The van der Waals surface area contributed by atoms with E-state index in [9.17, 15) is 0 Å². The zero-order chi connectivity index (χ0) is 36.2. The Hall–Kier alpha value is -7.70. The molecule has 0 fully saturated rings. The van der Waals surface area contributed by atoms with Crippen LogP contribution in [-0.4, -0.2) is 23.5 Å². The van der Waals surface area contributed by atoms with Crippen molar-refractivity contribution in [1.82, 2.24) is 23.5 Å². The summed E-state index contributed by atoms with van der Waals surface area (Å²) in [5.41, 5.74) is 10.1. The lowest BCUT2D eigenvalue weighted by atomic mass is 10.0. The number of aromatic nitrogens is 5. The van der Waals surface area contributed by atoms with Crippen LogP contribution < -0.4 is 0 Å². The van der Waals surface area contributed by atoms with E-state index in [0.717, 1.165) is 60.1 Å². The minimum absolute atomic E-state index is 0.596. The van der Waals surface area contributed by atoms with Crippen molar-refractivity contribution in [1.29, 1.82) is 0 Å². The van der Waals surface area contributed by atoms with Gasteiger partial charge in [-0.15, -0.1) is 0 Å². The molecule has 258 valence electrons. The molecule has 8 aromatic carbocycles. The fourth-order valence-corrected chi connectivity index (χ4v) is 9.86. The van der Waals surface area contributed by atoms with E-state index in [1.165, 1.54) is 48.9 Å². The maximum absolute atomic E-state index is 6.74. The van der Waals surface area contributed by atoms with Gasteiger partial charge >= 0.3 is 0 Å². The first-order chi connectivity index (χ1) is 27.8. The summed E-state index contributed by atoms with van der Waals surface area (Å²) in [7, 11) is 0. The first-order valence-electron chi connectivity index (χ1n) is 19.0. The van der Waals surface area contributed by atoms with Crippen molar-refractivity contribution in [2.45, 2.75) is 0 Å². The van der Waals surface area contributed by atoms with Crippen LogP contribution in [0.3, 0.4) is 0 Å². The van der Waals surface area contributed by atoms with Gasteiger partial charge in [0, 0.05) is 48.5 Å². The van der Waals surface area contributed by atoms with Crippen molar-refractivity contribution in [3.63, 3.8) is 0 Å². The number of nitrogens with zero attached hydrogens (tertiary/aromatic N) is 5. The van der Waals surface area contributed by atoms with Crippen LogP contribution in [0.15, 0.2) is 168 Å². The second-order valence-electron chi connectivity index (χ2n) is 15.0. The molecule has 0 aliphatic rings. The third-order valence-corrected chi connectivity index (χ3v) is 12.1. The molecule has 14 rings (SSSR count). The molecule has 6 aromatic heterocycles. The highest BCUT2D eigenvalue weighted by Gasteiger charge is 2.27. The molecule has 0 unspecified atom stereocenters. The van der Waals surface area contributed by atoms with E-state index in [2.05, 4.69) is 165 Å². The summed E-state index contributed by atoms with van der Waals surface area (Å²) in [5.74, 6) is 1.31. The van der Waals surface area contributed by atoms with Gasteiger partial charge in [0.1, 0.15) is 11.1 Å². The molecule has 0 aliphatic heterocycles. The number of benzene rings is 8. The van der Waals surface area contributed by atoms with Crippen molar-refractivity contribution in [2.75, 3.05) is 0 Å². The summed E-state index contributed by atoms with van der Waals surface area (Å²) in [6, 6.07) is 58.6. The van der Waals surface area contributed by atoms with Crippen molar-refractivity contribution in [3.05, 3.63) is 164 Å². The highest BCUT2D eigenvalue weighted by atomic mass is 16.3. The van der Waals surface area contributed by atoms with Crippen LogP contribution in [0.5, 0.6) is 0 Å². The number of hydrogen-bond acceptors (Lipinski definition) is 3. The van der Waals surface area contributed by atoms with Crippen molar-refractivity contribution in [2.24, 2.45) is 0 Å². The zero-order valence-corrected chi connectivity index (χ0v) is 29.7. The number of para-hydroxylation sites is 5. The van der Waals surface area contributed by atoms with E-state index in [-0.39, 0.29) is 0 Å². The van der Waals surface area contributed by atoms with Crippen LogP contribution in [0.25, 0.3) is 126 Å². The predicted molar refractivity (Wildman–Crippen MR) is 230 cm³/mol. The summed E-state index contributed by atoms with van der Waals surface area (Å²) in [6.45, 7) is 0. The maximum atomic E-state index is 6.74. The molecule has 0 bridgehead atoms. The largest absolute Gasteiger partial charge is 0.450 e. The van der Waals surface area contributed by atoms with Gasteiger partial charge in [0.05, 0.1) is 38.6 Å². The summed E-state index contributed by atoms with van der Waals surface area (Å²) in [6.07, 6.45) is 0. The Balaban J connectivity index is 1.25. The van der Waals surface area contributed by atoms with Gasteiger partial charge in [-0.25, -0.2) is 4.98 Å². The molecule has 56 heavy (non-hydrogen) atoms. The van der Waals surface area contributed by atoms with Crippen LogP contribution in [0.1, 0.15) is 0 Å². The fraction of sp³-hybridized carbons (Fsp3) is 0. The van der Waals surface area contributed by atoms with Gasteiger partial charge in [0.2, 0.25) is 5.95 Å². The Kier molecular flexibility index (Phi) is 5.18. The average molecular weight is 714 g/mol. The van der Waals surface area contributed by atoms with Gasteiger partial charge in [-0.1, -0.05) is 109 Å². The Morgan fingerprint density at radius 1 is 0.393 bits per heavy atom. The summed E-state index contributed by atoms with van der Waals surface area (Å²) in [5, 5.41) is 12.9. The molecule has 0 atom stereocenters. The summed E-state index contributed by atoms with van der Waals surface area (Å²) < 4.78 is 13.8. The van der Waals surface area contributed by atoms with Crippen LogP contribution in [0.4, 0.5) is 0 Å². The van der Waals surface area contributed by atoms with Gasteiger partial charge in [0.25, 0.3) is 0 Å². The van der Waals surface area contributed by atoms with Gasteiger partial charge in [-0.2, -0.15) is 4.98 Å². The molecule has 0 aliphatic carbocycles. The van der Waals surface area contributed by atoms with Crippen molar-refractivity contribution in [3.8, 4) is 11.8 Å². The molecule has 6 nitrogen and oxygen atoms in total. The smallest absolute Gasteiger partial charge is 0.237 e. The van der Waals surface area contributed by atoms with Crippen LogP contribution in [0, 0.1) is 0 Å². The lowest BCUT2D eigenvalue weighted by molar-refractivity contribution is 0.661. The number of rotatable bonds is 2. The Morgan fingerprint density at radius 3 is 1.68 bits per heavy atom. The maximum Gasteiger partial charge on any atom is 0.237 e. The standard InChI is InChI=1S/C50H27N5O/c1-2-14-29-26-42-35(25-28(29)13-1)37-27-36-32-17-5-8-20-38(32)53-41-23-11-6-18-33(41)44(46(36)53)47(37)55(42)50-51-45-34-19-7-12-24-43(34)56-48(45)49(52-50)54-39-21-9-3-15-30(39)31-16-4-10-22-40(31)54/h1-27H.